The summed E-state index contributed by atoms with van der Waals surface area (Å²) in [5.74, 6) is -0.491. The van der Waals surface area contributed by atoms with Gasteiger partial charge in [0.15, 0.2) is 0 Å². The number of halogens is 3. The van der Waals surface area contributed by atoms with Crippen molar-refractivity contribution in [1.29, 1.82) is 0 Å². The summed E-state index contributed by atoms with van der Waals surface area (Å²) in [5, 5.41) is 0. The summed E-state index contributed by atoms with van der Waals surface area (Å²) >= 11 is 0. The van der Waals surface area contributed by atoms with Gasteiger partial charge in [-0.25, -0.2) is 0 Å². The number of benzene rings is 1. The Bertz CT molecular complexity index is 486. The lowest BCUT2D eigenvalue weighted by Crippen LogP contribution is -2.35. The number of amides is 1. The Balaban J connectivity index is 3.12. The van der Waals surface area contributed by atoms with Crippen LogP contribution in [0.2, 0.25) is 0 Å². The first-order valence-electron chi connectivity index (χ1n) is 6.43. The molecule has 2 N–H and O–H groups in total. The minimum Gasteiger partial charge on any atom is -0.398 e. The Morgan fingerprint density at radius 3 is 2.50 bits per heavy atom. The summed E-state index contributed by atoms with van der Waals surface area (Å²) in [6, 6.07) is 3.34. The molecule has 0 aromatic heterocycles. The van der Waals surface area contributed by atoms with Crippen LogP contribution in [0.1, 0.15) is 42.6 Å². The second kappa shape index (κ2) is 6.15. The summed E-state index contributed by atoms with van der Waals surface area (Å²) in [5.41, 5.74) is 3.92. The summed E-state index contributed by atoms with van der Waals surface area (Å²) in [6.07, 6.45) is -2.90. The zero-order chi connectivity index (χ0) is 15.5. The van der Waals surface area contributed by atoms with Crippen molar-refractivity contribution in [2.45, 2.75) is 38.9 Å². The first kappa shape index (κ1) is 16.3. The second-order valence-electron chi connectivity index (χ2n) is 4.82. The normalized spacial score (nSPS) is 13.1. The van der Waals surface area contributed by atoms with Gasteiger partial charge in [0.2, 0.25) is 0 Å². The SMILES string of the molecule is CCCC(C)N(C)C(=O)c1cccc(C(F)(F)F)c1N. The molecule has 0 aliphatic rings. The smallest absolute Gasteiger partial charge is 0.398 e. The van der Waals surface area contributed by atoms with E-state index in [9.17, 15) is 18.0 Å². The number of carbonyl (C=O) groups excluding carboxylic acids is 1. The molecule has 1 unspecified atom stereocenters. The summed E-state index contributed by atoms with van der Waals surface area (Å²) in [4.78, 5) is 13.7. The predicted molar refractivity (Wildman–Crippen MR) is 72.3 cm³/mol. The summed E-state index contributed by atoms with van der Waals surface area (Å²) in [7, 11) is 1.57. The van der Waals surface area contributed by atoms with Crippen LogP contribution in [0.5, 0.6) is 0 Å². The van der Waals surface area contributed by atoms with Gasteiger partial charge in [-0.2, -0.15) is 13.2 Å². The fourth-order valence-electron chi connectivity index (χ4n) is 2.00. The average molecular weight is 288 g/mol. The lowest BCUT2D eigenvalue weighted by atomic mass is 10.0. The van der Waals surface area contributed by atoms with Gasteiger partial charge in [-0.1, -0.05) is 19.4 Å². The molecule has 1 atom stereocenters. The number of carbonyl (C=O) groups is 1. The molecule has 0 heterocycles. The Morgan fingerprint density at radius 1 is 1.40 bits per heavy atom. The van der Waals surface area contributed by atoms with Gasteiger partial charge in [0.1, 0.15) is 0 Å². The number of nitrogen functional groups attached to an aromatic ring is 1. The molecule has 1 aromatic carbocycles. The Hall–Kier alpha value is -1.72. The first-order chi connectivity index (χ1) is 9.20. The van der Waals surface area contributed by atoms with Gasteiger partial charge in [-0.05, 0) is 25.5 Å². The molecule has 0 aliphatic carbocycles. The van der Waals surface area contributed by atoms with Crippen molar-refractivity contribution < 1.29 is 18.0 Å². The quantitative estimate of drug-likeness (QED) is 0.861. The minimum atomic E-state index is -4.56. The molecule has 112 valence electrons. The number of para-hydroxylation sites is 1. The standard InChI is InChI=1S/C14H19F3N2O/c1-4-6-9(2)19(3)13(20)10-7-5-8-11(12(10)18)14(15,16)17/h5,7-9H,4,6,18H2,1-3H3. The highest BCUT2D eigenvalue weighted by Gasteiger charge is 2.34. The van der Waals surface area contributed by atoms with Crippen LogP contribution in [-0.4, -0.2) is 23.9 Å². The Morgan fingerprint density at radius 2 is 2.00 bits per heavy atom. The second-order valence-corrected chi connectivity index (χ2v) is 4.82. The van der Waals surface area contributed by atoms with Crippen LogP contribution in [0.15, 0.2) is 18.2 Å². The maximum Gasteiger partial charge on any atom is 0.418 e. The van der Waals surface area contributed by atoms with Crippen LogP contribution in [0.3, 0.4) is 0 Å². The minimum absolute atomic E-state index is 0.0542. The summed E-state index contributed by atoms with van der Waals surface area (Å²) < 4.78 is 38.3. The molecule has 20 heavy (non-hydrogen) atoms. The van der Waals surface area contributed by atoms with Crippen LogP contribution >= 0.6 is 0 Å². The highest BCUT2D eigenvalue weighted by Crippen LogP contribution is 2.35. The van der Waals surface area contributed by atoms with E-state index in [-0.39, 0.29) is 11.6 Å². The van der Waals surface area contributed by atoms with E-state index < -0.39 is 23.3 Å². The number of nitrogens with zero attached hydrogens (tertiary/aromatic N) is 1. The van der Waals surface area contributed by atoms with Crippen LogP contribution in [0, 0.1) is 0 Å². The fourth-order valence-corrected chi connectivity index (χ4v) is 2.00. The fraction of sp³-hybridized carbons (Fsp3) is 0.500. The molecule has 0 radical (unpaired) electrons. The van der Waals surface area contributed by atoms with Crippen molar-refractivity contribution >= 4 is 11.6 Å². The van der Waals surface area contributed by atoms with Gasteiger partial charge in [0, 0.05) is 13.1 Å². The predicted octanol–water partition coefficient (Wildman–Crippen LogP) is 3.55. The van der Waals surface area contributed by atoms with Crippen molar-refractivity contribution in [3.8, 4) is 0 Å². The number of alkyl halides is 3. The molecule has 0 saturated carbocycles. The van der Waals surface area contributed by atoms with Gasteiger partial charge >= 0.3 is 6.18 Å². The largest absolute Gasteiger partial charge is 0.418 e. The topological polar surface area (TPSA) is 46.3 Å². The van der Waals surface area contributed by atoms with Crippen molar-refractivity contribution in [3.63, 3.8) is 0 Å². The van der Waals surface area contributed by atoms with E-state index in [0.717, 1.165) is 18.9 Å². The van der Waals surface area contributed by atoms with Gasteiger partial charge in [0.05, 0.1) is 16.8 Å². The van der Waals surface area contributed by atoms with Crippen molar-refractivity contribution in [3.05, 3.63) is 29.3 Å². The molecule has 0 saturated heterocycles. The molecule has 1 aromatic rings. The molecule has 6 heteroatoms. The van der Waals surface area contributed by atoms with Crippen LogP contribution < -0.4 is 5.73 Å². The van der Waals surface area contributed by atoms with E-state index in [4.69, 9.17) is 5.73 Å². The van der Waals surface area contributed by atoms with E-state index >= 15 is 0 Å². The Kier molecular flexibility index (Phi) is 5.03. The zero-order valence-electron chi connectivity index (χ0n) is 11.8. The molecular formula is C14H19F3N2O. The number of hydrogen-bond donors (Lipinski definition) is 1. The highest BCUT2D eigenvalue weighted by molar-refractivity contribution is 5.99. The lowest BCUT2D eigenvalue weighted by Gasteiger charge is -2.25. The van der Waals surface area contributed by atoms with Gasteiger partial charge in [-0.15, -0.1) is 0 Å². The van der Waals surface area contributed by atoms with Crippen molar-refractivity contribution in [2.24, 2.45) is 0 Å². The van der Waals surface area contributed by atoms with E-state index in [1.165, 1.54) is 17.0 Å². The monoisotopic (exact) mass is 288 g/mol. The molecule has 3 nitrogen and oxygen atoms in total. The van der Waals surface area contributed by atoms with Crippen molar-refractivity contribution in [1.82, 2.24) is 4.90 Å². The van der Waals surface area contributed by atoms with Crippen LogP contribution in [-0.2, 0) is 6.18 Å². The number of anilines is 1. The van der Waals surface area contributed by atoms with E-state index in [2.05, 4.69) is 0 Å². The summed E-state index contributed by atoms with van der Waals surface area (Å²) in [6.45, 7) is 3.83. The average Bonchev–Trinajstić information content (AvgIpc) is 2.36. The van der Waals surface area contributed by atoms with Gasteiger partial charge in [-0.3, -0.25) is 4.79 Å². The maximum atomic E-state index is 12.8. The van der Waals surface area contributed by atoms with Gasteiger partial charge in [0.25, 0.3) is 5.91 Å². The lowest BCUT2D eigenvalue weighted by molar-refractivity contribution is -0.136. The Labute approximate surface area is 116 Å². The first-order valence-corrected chi connectivity index (χ1v) is 6.43. The zero-order valence-corrected chi connectivity index (χ0v) is 11.8. The number of hydrogen-bond acceptors (Lipinski definition) is 2. The van der Waals surface area contributed by atoms with Crippen LogP contribution in [0.4, 0.5) is 18.9 Å². The molecule has 1 amide bonds. The number of nitrogens with two attached hydrogens (primary N) is 1. The number of rotatable bonds is 4. The van der Waals surface area contributed by atoms with E-state index in [0.29, 0.717) is 0 Å². The molecular weight excluding hydrogens is 269 g/mol. The molecule has 0 bridgehead atoms. The van der Waals surface area contributed by atoms with Crippen LogP contribution in [0.25, 0.3) is 0 Å². The highest BCUT2D eigenvalue weighted by atomic mass is 19.4. The van der Waals surface area contributed by atoms with Gasteiger partial charge < -0.3 is 10.6 Å². The van der Waals surface area contributed by atoms with E-state index in [1.807, 2.05) is 13.8 Å². The molecule has 0 spiro atoms. The maximum absolute atomic E-state index is 12.8. The van der Waals surface area contributed by atoms with Crippen molar-refractivity contribution in [2.75, 3.05) is 12.8 Å². The molecule has 0 aliphatic heterocycles. The third-order valence-electron chi connectivity index (χ3n) is 3.33. The molecule has 0 fully saturated rings. The molecule has 1 rings (SSSR count). The third kappa shape index (κ3) is 3.43. The van der Waals surface area contributed by atoms with E-state index in [1.54, 1.807) is 7.05 Å². The third-order valence-corrected chi connectivity index (χ3v) is 3.33.